The van der Waals surface area contributed by atoms with Crippen molar-refractivity contribution in [2.75, 3.05) is 5.32 Å². The van der Waals surface area contributed by atoms with Crippen molar-refractivity contribution in [1.29, 1.82) is 0 Å². The minimum Gasteiger partial charge on any atom is -0.466 e. The van der Waals surface area contributed by atoms with Crippen molar-refractivity contribution in [3.63, 3.8) is 0 Å². The number of nitrogens with one attached hydrogen (secondary N) is 2. The number of amides is 2. The van der Waals surface area contributed by atoms with Gasteiger partial charge in [-0.25, -0.2) is 0 Å². The molecular formula is C16H17ClN4O3. The lowest BCUT2D eigenvalue weighted by Crippen LogP contribution is -2.58. The van der Waals surface area contributed by atoms with Crippen LogP contribution in [-0.4, -0.2) is 27.2 Å². The number of rotatable bonds is 4. The molecular weight excluding hydrogens is 332 g/mol. The average Bonchev–Trinajstić information content (AvgIpc) is 3.01. The van der Waals surface area contributed by atoms with Gasteiger partial charge in [0, 0.05) is 17.8 Å². The largest absolute Gasteiger partial charge is 0.466 e. The molecule has 0 unspecified atom stereocenters. The Kier molecular flexibility index (Phi) is 4.19. The van der Waals surface area contributed by atoms with Crippen LogP contribution < -0.4 is 15.4 Å². The van der Waals surface area contributed by atoms with Crippen LogP contribution in [0.5, 0.6) is 5.75 Å². The van der Waals surface area contributed by atoms with Crippen LogP contribution in [0.3, 0.4) is 0 Å². The van der Waals surface area contributed by atoms with Crippen LogP contribution >= 0.6 is 11.6 Å². The van der Waals surface area contributed by atoms with E-state index in [1.165, 1.54) is 6.92 Å². The maximum Gasteiger partial charge on any atom is 0.278 e. The summed E-state index contributed by atoms with van der Waals surface area (Å²) in [5, 5.41) is 10.0. The summed E-state index contributed by atoms with van der Waals surface area (Å²) in [6.45, 7) is 4.35. The summed E-state index contributed by atoms with van der Waals surface area (Å²) < 4.78 is 7.44. The molecule has 2 amide bonds. The Hall–Kier alpha value is -2.54. The molecule has 0 spiro atoms. The van der Waals surface area contributed by atoms with E-state index in [9.17, 15) is 9.59 Å². The molecule has 0 radical (unpaired) electrons. The molecule has 0 saturated heterocycles. The van der Waals surface area contributed by atoms with Crippen molar-refractivity contribution in [3.8, 4) is 5.75 Å². The van der Waals surface area contributed by atoms with Crippen LogP contribution in [0.25, 0.3) is 0 Å². The molecule has 126 valence electrons. The van der Waals surface area contributed by atoms with Crippen LogP contribution in [-0.2, 0) is 22.7 Å². The number of aromatic nitrogens is 2. The Balaban J connectivity index is 1.76. The minimum absolute atomic E-state index is 0.256. The normalized spacial score (nSPS) is 19.2. The highest BCUT2D eigenvalue weighted by molar-refractivity contribution is 6.31. The van der Waals surface area contributed by atoms with Gasteiger partial charge in [-0.3, -0.25) is 14.3 Å². The van der Waals surface area contributed by atoms with E-state index in [1.54, 1.807) is 29.1 Å². The molecule has 24 heavy (non-hydrogen) atoms. The van der Waals surface area contributed by atoms with Gasteiger partial charge >= 0.3 is 0 Å². The molecule has 2 aromatic rings. The van der Waals surface area contributed by atoms with E-state index in [1.807, 2.05) is 13.0 Å². The highest BCUT2D eigenvalue weighted by atomic mass is 35.5. The Labute approximate surface area is 143 Å². The summed E-state index contributed by atoms with van der Waals surface area (Å²) in [7, 11) is 0. The first kappa shape index (κ1) is 16.3. The summed E-state index contributed by atoms with van der Waals surface area (Å²) in [5.74, 6) is -0.668. The Bertz CT molecular complexity index is 804. The molecule has 2 heterocycles. The molecule has 1 aliphatic heterocycles. The van der Waals surface area contributed by atoms with Crippen LogP contribution in [0, 0.1) is 0 Å². The quantitative estimate of drug-likeness (QED) is 0.827. The standard InChI is InChI=1S/C16H17ClN4O3/c1-3-21-11(6-7-19-21)9-18-14(22)16(2)15(23)20-12-8-10(17)4-5-13(12)24-16/h4-8H,3,9H2,1-2H3,(H,18,22)(H,20,23)/t16-/m0/s1. The van der Waals surface area contributed by atoms with Gasteiger partial charge in [-0.2, -0.15) is 5.10 Å². The van der Waals surface area contributed by atoms with Gasteiger partial charge in [-0.15, -0.1) is 0 Å². The molecule has 1 atom stereocenters. The van der Waals surface area contributed by atoms with Gasteiger partial charge in [-0.1, -0.05) is 11.6 Å². The maximum absolute atomic E-state index is 12.5. The number of anilines is 1. The van der Waals surface area contributed by atoms with Crippen LogP contribution in [0.15, 0.2) is 30.5 Å². The fourth-order valence-electron chi connectivity index (χ4n) is 2.48. The second-order valence-corrected chi connectivity index (χ2v) is 5.99. The minimum atomic E-state index is -1.65. The zero-order valence-electron chi connectivity index (χ0n) is 13.3. The van der Waals surface area contributed by atoms with Crippen molar-refractivity contribution >= 4 is 29.1 Å². The van der Waals surface area contributed by atoms with Gasteiger partial charge in [0.25, 0.3) is 17.4 Å². The number of halogens is 1. The zero-order valence-corrected chi connectivity index (χ0v) is 14.1. The highest BCUT2D eigenvalue weighted by Gasteiger charge is 2.47. The molecule has 0 fully saturated rings. The summed E-state index contributed by atoms with van der Waals surface area (Å²) in [6, 6.07) is 6.64. The third kappa shape index (κ3) is 2.82. The van der Waals surface area contributed by atoms with E-state index in [0.717, 1.165) is 5.69 Å². The fourth-order valence-corrected chi connectivity index (χ4v) is 2.65. The third-order valence-electron chi connectivity index (χ3n) is 3.90. The Morgan fingerprint density at radius 3 is 3.00 bits per heavy atom. The number of fused-ring (bicyclic) bond motifs is 1. The third-order valence-corrected chi connectivity index (χ3v) is 4.14. The summed E-state index contributed by atoms with van der Waals surface area (Å²) in [6.07, 6.45) is 1.66. The number of carbonyl (C=O) groups is 2. The number of benzene rings is 1. The molecule has 3 rings (SSSR count). The van der Waals surface area contributed by atoms with Crippen LogP contribution in [0.4, 0.5) is 5.69 Å². The second-order valence-electron chi connectivity index (χ2n) is 5.55. The van der Waals surface area contributed by atoms with E-state index >= 15 is 0 Å². The second kappa shape index (κ2) is 6.16. The van der Waals surface area contributed by atoms with Gasteiger partial charge in [0.05, 0.1) is 17.9 Å². The van der Waals surface area contributed by atoms with E-state index < -0.39 is 17.4 Å². The number of hydrogen-bond donors (Lipinski definition) is 2. The monoisotopic (exact) mass is 348 g/mol. The van der Waals surface area contributed by atoms with Crippen LogP contribution in [0.1, 0.15) is 19.5 Å². The van der Waals surface area contributed by atoms with Crippen molar-refractivity contribution in [1.82, 2.24) is 15.1 Å². The topological polar surface area (TPSA) is 85.2 Å². The molecule has 0 saturated carbocycles. The predicted octanol–water partition coefficient (Wildman–Crippen LogP) is 1.96. The zero-order chi connectivity index (χ0) is 17.3. The van der Waals surface area contributed by atoms with Crippen molar-refractivity contribution in [3.05, 3.63) is 41.2 Å². The van der Waals surface area contributed by atoms with Crippen molar-refractivity contribution < 1.29 is 14.3 Å². The van der Waals surface area contributed by atoms with Crippen LogP contribution in [0.2, 0.25) is 5.02 Å². The first-order valence-corrected chi connectivity index (χ1v) is 7.91. The van der Waals surface area contributed by atoms with Gasteiger partial charge in [-0.05, 0) is 38.1 Å². The maximum atomic E-state index is 12.5. The SMILES string of the molecule is CCn1nccc1CNC(=O)[C@]1(C)Oc2ccc(Cl)cc2NC1=O. The van der Waals surface area contributed by atoms with E-state index in [2.05, 4.69) is 15.7 Å². The molecule has 8 heteroatoms. The summed E-state index contributed by atoms with van der Waals surface area (Å²) >= 11 is 5.90. The predicted molar refractivity (Wildman–Crippen MR) is 88.9 cm³/mol. The molecule has 1 aromatic carbocycles. The van der Waals surface area contributed by atoms with Gasteiger partial charge in [0.15, 0.2) is 0 Å². The molecule has 7 nitrogen and oxygen atoms in total. The smallest absolute Gasteiger partial charge is 0.278 e. The number of aryl methyl sites for hydroxylation is 1. The summed E-state index contributed by atoms with van der Waals surface area (Å²) in [5.41, 5.74) is -0.363. The Morgan fingerprint density at radius 2 is 2.25 bits per heavy atom. The average molecular weight is 349 g/mol. The number of nitrogens with zero attached hydrogens (tertiary/aromatic N) is 2. The lowest BCUT2D eigenvalue weighted by atomic mass is 10.0. The van der Waals surface area contributed by atoms with Gasteiger partial charge < -0.3 is 15.4 Å². The summed E-state index contributed by atoms with van der Waals surface area (Å²) in [4.78, 5) is 24.9. The lowest BCUT2D eigenvalue weighted by molar-refractivity contribution is -0.146. The molecule has 0 bridgehead atoms. The van der Waals surface area contributed by atoms with Crippen molar-refractivity contribution in [2.45, 2.75) is 32.5 Å². The highest BCUT2D eigenvalue weighted by Crippen LogP contribution is 2.35. The first-order valence-electron chi connectivity index (χ1n) is 7.53. The fraction of sp³-hybridized carbons (Fsp3) is 0.312. The van der Waals surface area contributed by atoms with E-state index in [4.69, 9.17) is 16.3 Å². The van der Waals surface area contributed by atoms with Gasteiger partial charge in [0.1, 0.15) is 5.75 Å². The number of carbonyl (C=O) groups excluding carboxylic acids is 2. The number of ether oxygens (including phenoxy) is 1. The molecule has 2 N–H and O–H groups in total. The molecule has 1 aromatic heterocycles. The number of hydrogen-bond acceptors (Lipinski definition) is 4. The lowest BCUT2D eigenvalue weighted by Gasteiger charge is -2.33. The molecule has 1 aliphatic rings. The Morgan fingerprint density at radius 1 is 1.46 bits per heavy atom. The van der Waals surface area contributed by atoms with Crippen molar-refractivity contribution in [2.24, 2.45) is 0 Å². The first-order chi connectivity index (χ1) is 11.4. The van der Waals surface area contributed by atoms with E-state index in [0.29, 0.717) is 23.0 Å². The molecule has 0 aliphatic carbocycles. The van der Waals surface area contributed by atoms with Gasteiger partial charge in [0.2, 0.25) is 0 Å². The van der Waals surface area contributed by atoms with E-state index in [-0.39, 0.29) is 6.54 Å².